The summed E-state index contributed by atoms with van der Waals surface area (Å²) in [6, 6.07) is 0. The second-order valence-corrected chi connectivity index (χ2v) is 4.98. The molecular weight excluding hydrogens is 172 g/mol. The number of ether oxygens (including phenoxy) is 1. The number of hydrogen-bond acceptors (Lipinski definition) is 3. The number of aldehydes is 1. The van der Waals surface area contributed by atoms with E-state index in [0.29, 0.717) is 0 Å². The molecule has 2 unspecified atom stereocenters. The lowest BCUT2D eigenvalue weighted by Crippen LogP contribution is -2.37. The van der Waals surface area contributed by atoms with Crippen molar-refractivity contribution in [1.29, 1.82) is 0 Å². The number of carbonyl (C=O) groups is 1. The molecule has 68 valence electrons. The van der Waals surface area contributed by atoms with Crippen molar-refractivity contribution in [2.45, 2.75) is 36.5 Å². The Morgan fingerprint density at radius 2 is 2.42 bits per heavy atom. The molecule has 0 bridgehead atoms. The number of rotatable bonds is 2. The van der Waals surface area contributed by atoms with Crippen molar-refractivity contribution in [1.82, 2.24) is 0 Å². The van der Waals surface area contributed by atoms with Gasteiger partial charge < -0.3 is 9.53 Å². The molecule has 2 aliphatic heterocycles. The molecule has 2 aliphatic rings. The van der Waals surface area contributed by atoms with Gasteiger partial charge in [0.05, 0.1) is 10.9 Å². The summed E-state index contributed by atoms with van der Waals surface area (Å²) in [6.45, 7) is 0.848. The van der Waals surface area contributed by atoms with Crippen LogP contribution in [0.25, 0.3) is 0 Å². The van der Waals surface area contributed by atoms with E-state index in [2.05, 4.69) is 0 Å². The van der Waals surface area contributed by atoms with Crippen molar-refractivity contribution in [2.75, 3.05) is 12.4 Å². The Hall–Kier alpha value is -0.0200. The van der Waals surface area contributed by atoms with Gasteiger partial charge in [0.1, 0.15) is 6.29 Å². The van der Waals surface area contributed by atoms with Crippen molar-refractivity contribution < 1.29 is 9.53 Å². The van der Waals surface area contributed by atoms with Crippen LogP contribution in [-0.4, -0.2) is 29.5 Å². The summed E-state index contributed by atoms with van der Waals surface area (Å²) >= 11 is 1.79. The fourth-order valence-corrected chi connectivity index (χ4v) is 3.47. The minimum atomic E-state index is -0.170. The highest BCUT2D eigenvalue weighted by Crippen LogP contribution is 2.43. The van der Waals surface area contributed by atoms with E-state index in [1.165, 1.54) is 6.42 Å². The number of thioether (sulfide) groups is 1. The molecule has 2 heterocycles. The second kappa shape index (κ2) is 3.38. The van der Waals surface area contributed by atoms with Gasteiger partial charge in [-0.3, -0.25) is 0 Å². The zero-order valence-corrected chi connectivity index (χ0v) is 7.94. The van der Waals surface area contributed by atoms with Crippen LogP contribution in [0.15, 0.2) is 0 Å². The number of carbonyl (C=O) groups excluding carboxylic acids is 1. The van der Waals surface area contributed by atoms with Gasteiger partial charge in [-0.2, -0.15) is 0 Å². The van der Waals surface area contributed by atoms with Gasteiger partial charge in [-0.1, -0.05) is 0 Å². The van der Waals surface area contributed by atoms with Crippen LogP contribution < -0.4 is 0 Å². The largest absolute Gasteiger partial charge is 0.376 e. The first-order valence-corrected chi connectivity index (χ1v) is 5.58. The Bertz CT molecular complexity index is 169. The van der Waals surface area contributed by atoms with Gasteiger partial charge in [0.2, 0.25) is 0 Å². The lowest BCUT2D eigenvalue weighted by molar-refractivity contribution is -0.112. The highest BCUT2D eigenvalue weighted by molar-refractivity contribution is 8.01. The van der Waals surface area contributed by atoms with E-state index in [-0.39, 0.29) is 10.9 Å². The Balaban J connectivity index is 2.09. The molecule has 2 fully saturated rings. The third-order valence-electron chi connectivity index (χ3n) is 2.76. The molecule has 0 aliphatic carbocycles. The molecule has 0 spiro atoms. The average Bonchev–Trinajstić information content (AvgIpc) is 2.76. The molecule has 0 aromatic rings. The minimum absolute atomic E-state index is 0.170. The first-order chi connectivity index (χ1) is 5.87. The first kappa shape index (κ1) is 8.57. The van der Waals surface area contributed by atoms with Gasteiger partial charge >= 0.3 is 0 Å². The summed E-state index contributed by atoms with van der Waals surface area (Å²) in [6.07, 6.45) is 5.73. The highest BCUT2D eigenvalue weighted by Gasteiger charge is 2.44. The van der Waals surface area contributed by atoms with Gasteiger partial charge in [0.15, 0.2) is 0 Å². The molecule has 12 heavy (non-hydrogen) atoms. The van der Waals surface area contributed by atoms with E-state index in [1.54, 1.807) is 11.8 Å². The van der Waals surface area contributed by atoms with Gasteiger partial charge in [-0.05, 0) is 31.4 Å². The van der Waals surface area contributed by atoms with E-state index < -0.39 is 0 Å². The Labute approximate surface area is 77.0 Å². The van der Waals surface area contributed by atoms with Crippen LogP contribution in [0.2, 0.25) is 0 Å². The highest BCUT2D eigenvalue weighted by atomic mass is 32.2. The van der Waals surface area contributed by atoms with Gasteiger partial charge in [-0.15, -0.1) is 11.8 Å². The van der Waals surface area contributed by atoms with Gasteiger partial charge in [0, 0.05) is 6.61 Å². The SMILES string of the molecule is O=CC1(C2CCCO2)CCCS1. The molecule has 0 aromatic heterocycles. The van der Waals surface area contributed by atoms with Crippen LogP contribution in [0.1, 0.15) is 25.7 Å². The molecule has 0 saturated carbocycles. The molecule has 2 nitrogen and oxygen atoms in total. The van der Waals surface area contributed by atoms with Crippen molar-refractivity contribution in [3.05, 3.63) is 0 Å². The van der Waals surface area contributed by atoms with Gasteiger partial charge in [0.25, 0.3) is 0 Å². The smallest absolute Gasteiger partial charge is 0.138 e. The zero-order valence-electron chi connectivity index (χ0n) is 7.12. The third kappa shape index (κ3) is 1.29. The molecule has 0 amide bonds. The summed E-state index contributed by atoms with van der Waals surface area (Å²) in [4.78, 5) is 11.0. The first-order valence-electron chi connectivity index (χ1n) is 4.59. The van der Waals surface area contributed by atoms with Crippen LogP contribution in [-0.2, 0) is 9.53 Å². The summed E-state index contributed by atoms with van der Waals surface area (Å²) in [7, 11) is 0. The summed E-state index contributed by atoms with van der Waals surface area (Å²) in [5, 5.41) is 0. The Kier molecular flexibility index (Phi) is 2.42. The lowest BCUT2D eigenvalue weighted by Gasteiger charge is -2.27. The Morgan fingerprint density at radius 1 is 1.50 bits per heavy atom. The summed E-state index contributed by atoms with van der Waals surface area (Å²) in [5.74, 6) is 1.12. The van der Waals surface area contributed by atoms with E-state index in [0.717, 1.165) is 37.9 Å². The van der Waals surface area contributed by atoms with Crippen LogP contribution in [0.5, 0.6) is 0 Å². The number of hydrogen-bond donors (Lipinski definition) is 0. The molecule has 2 saturated heterocycles. The van der Waals surface area contributed by atoms with Gasteiger partial charge in [-0.25, -0.2) is 0 Å². The quantitative estimate of drug-likeness (QED) is 0.613. The van der Waals surface area contributed by atoms with Crippen molar-refractivity contribution >= 4 is 18.0 Å². The molecule has 0 N–H and O–H groups in total. The van der Waals surface area contributed by atoms with Crippen molar-refractivity contribution in [3.8, 4) is 0 Å². The minimum Gasteiger partial charge on any atom is -0.376 e. The summed E-state index contributed by atoms with van der Waals surface area (Å²) in [5.41, 5.74) is 0. The third-order valence-corrected chi connectivity index (χ3v) is 4.35. The normalized spacial score (nSPS) is 41.8. The van der Waals surface area contributed by atoms with Crippen molar-refractivity contribution in [3.63, 3.8) is 0 Å². The van der Waals surface area contributed by atoms with E-state index in [1.807, 2.05) is 0 Å². The maximum absolute atomic E-state index is 11.0. The predicted molar refractivity (Wildman–Crippen MR) is 49.5 cm³/mol. The average molecular weight is 186 g/mol. The Morgan fingerprint density at radius 3 is 2.92 bits per heavy atom. The van der Waals surface area contributed by atoms with Crippen LogP contribution >= 0.6 is 11.8 Å². The topological polar surface area (TPSA) is 26.3 Å². The maximum Gasteiger partial charge on any atom is 0.138 e. The van der Waals surface area contributed by atoms with E-state index in [4.69, 9.17) is 4.74 Å². The molecule has 2 atom stereocenters. The maximum atomic E-state index is 11.0. The summed E-state index contributed by atoms with van der Waals surface area (Å²) < 4.78 is 5.41. The molecule has 0 radical (unpaired) electrons. The van der Waals surface area contributed by atoms with E-state index in [9.17, 15) is 4.79 Å². The second-order valence-electron chi connectivity index (χ2n) is 3.53. The van der Waals surface area contributed by atoms with Crippen LogP contribution in [0.3, 0.4) is 0 Å². The standard InChI is InChI=1S/C9H14O2S/c10-7-9(4-2-6-12-9)8-3-1-5-11-8/h7-8H,1-6H2. The molecule has 0 aromatic carbocycles. The molecule has 3 heteroatoms. The zero-order chi connectivity index (χ0) is 8.44. The fraction of sp³-hybridized carbons (Fsp3) is 0.889. The lowest BCUT2D eigenvalue weighted by atomic mass is 9.96. The monoisotopic (exact) mass is 186 g/mol. The fourth-order valence-electron chi connectivity index (χ4n) is 2.07. The molecule has 2 rings (SSSR count). The van der Waals surface area contributed by atoms with E-state index >= 15 is 0 Å². The predicted octanol–water partition coefficient (Wildman–Crippen LogP) is 1.63. The molecular formula is C9H14O2S. The van der Waals surface area contributed by atoms with Crippen LogP contribution in [0, 0.1) is 0 Å². The van der Waals surface area contributed by atoms with Crippen molar-refractivity contribution in [2.24, 2.45) is 0 Å². The van der Waals surface area contributed by atoms with Crippen LogP contribution in [0.4, 0.5) is 0 Å².